The third kappa shape index (κ3) is 3.74. The first kappa shape index (κ1) is 16.5. The third-order valence-electron chi connectivity index (χ3n) is 4.27. The second-order valence-corrected chi connectivity index (χ2v) is 6.09. The Kier molecular flexibility index (Phi) is 5.11. The SMILES string of the molecule is COCc1ccccc1NC(=O)N(C1CC1)C(C)c1ccccn1. The van der Waals surface area contributed by atoms with E-state index in [1.54, 1.807) is 13.3 Å². The van der Waals surface area contributed by atoms with E-state index >= 15 is 0 Å². The number of rotatable bonds is 6. The van der Waals surface area contributed by atoms with Gasteiger partial charge in [0, 0.05) is 30.6 Å². The summed E-state index contributed by atoms with van der Waals surface area (Å²) in [7, 11) is 1.65. The van der Waals surface area contributed by atoms with Crippen molar-refractivity contribution in [1.82, 2.24) is 9.88 Å². The number of hydrogen-bond donors (Lipinski definition) is 1. The van der Waals surface area contributed by atoms with Gasteiger partial charge in [-0.1, -0.05) is 24.3 Å². The Bertz CT molecular complexity index is 686. The smallest absolute Gasteiger partial charge is 0.322 e. The first-order valence-electron chi connectivity index (χ1n) is 8.27. The van der Waals surface area contributed by atoms with E-state index in [2.05, 4.69) is 10.3 Å². The van der Waals surface area contributed by atoms with Crippen LogP contribution in [-0.4, -0.2) is 29.1 Å². The second kappa shape index (κ2) is 7.45. The summed E-state index contributed by atoms with van der Waals surface area (Å²) in [5, 5.41) is 3.05. The van der Waals surface area contributed by atoms with Crippen LogP contribution in [0.15, 0.2) is 48.7 Å². The van der Waals surface area contributed by atoms with Crippen molar-refractivity contribution in [2.24, 2.45) is 0 Å². The molecular formula is C19H23N3O2. The molecule has 1 atom stereocenters. The topological polar surface area (TPSA) is 54.5 Å². The van der Waals surface area contributed by atoms with Gasteiger partial charge in [-0.3, -0.25) is 4.98 Å². The van der Waals surface area contributed by atoms with E-state index < -0.39 is 0 Å². The maximum absolute atomic E-state index is 12.9. The van der Waals surface area contributed by atoms with E-state index in [0.717, 1.165) is 29.8 Å². The lowest BCUT2D eigenvalue weighted by Crippen LogP contribution is -2.39. The largest absolute Gasteiger partial charge is 0.380 e. The van der Waals surface area contributed by atoms with E-state index in [4.69, 9.17) is 4.74 Å². The van der Waals surface area contributed by atoms with Crippen molar-refractivity contribution in [2.75, 3.05) is 12.4 Å². The fraction of sp³-hybridized carbons (Fsp3) is 0.368. The minimum absolute atomic E-state index is 0.0618. The number of nitrogens with zero attached hydrogens (tertiary/aromatic N) is 2. The fourth-order valence-electron chi connectivity index (χ4n) is 2.88. The van der Waals surface area contributed by atoms with Gasteiger partial charge in [0.2, 0.25) is 0 Å². The summed E-state index contributed by atoms with van der Waals surface area (Å²) in [4.78, 5) is 19.2. The summed E-state index contributed by atoms with van der Waals surface area (Å²) in [6, 6.07) is 13.7. The van der Waals surface area contributed by atoms with Crippen LogP contribution >= 0.6 is 0 Å². The Labute approximate surface area is 142 Å². The van der Waals surface area contributed by atoms with Gasteiger partial charge in [-0.2, -0.15) is 0 Å². The molecule has 1 aliphatic rings. The molecule has 0 saturated heterocycles. The Balaban J connectivity index is 1.79. The zero-order chi connectivity index (χ0) is 16.9. The number of benzene rings is 1. The summed E-state index contributed by atoms with van der Waals surface area (Å²) in [6.45, 7) is 2.50. The molecule has 126 valence electrons. The summed E-state index contributed by atoms with van der Waals surface area (Å²) < 4.78 is 5.21. The molecule has 1 N–H and O–H groups in total. The summed E-state index contributed by atoms with van der Waals surface area (Å²) >= 11 is 0. The van der Waals surface area contributed by atoms with Crippen molar-refractivity contribution < 1.29 is 9.53 Å². The molecule has 2 amide bonds. The number of anilines is 1. The van der Waals surface area contributed by atoms with Crippen molar-refractivity contribution in [1.29, 1.82) is 0 Å². The van der Waals surface area contributed by atoms with E-state index in [1.165, 1.54) is 0 Å². The van der Waals surface area contributed by atoms with Crippen molar-refractivity contribution in [3.05, 3.63) is 59.9 Å². The van der Waals surface area contributed by atoms with Gasteiger partial charge in [-0.25, -0.2) is 4.79 Å². The number of pyridine rings is 1. The molecule has 24 heavy (non-hydrogen) atoms. The number of amides is 2. The van der Waals surface area contributed by atoms with E-state index in [9.17, 15) is 4.79 Å². The van der Waals surface area contributed by atoms with Gasteiger partial charge in [-0.15, -0.1) is 0 Å². The van der Waals surface area contributed by atoms with Gasteiger partial charge >= 0.3 is 6.03 Å². The van der Waals surface area contributed by atoms with E-state index in [-0.39, 0.29) is 18.1 Å². The van der Waals surface area contributed by atoms with Crippen LogP contribution in [0, 0.1) is 0 Å². The van der Waals surface area contributed by atoms with Gasteiger partial charge in [0.05, 0.1) is 18.3 Å². The number of para-hydroxylation sites is 1. The number of ether oxygens (including phenoxy) is 1. The average Bonchev–Trinajstić information content (AvgIpc) is 3.42. The highest BCUT2D eigenvalue weighted by molar-refractivity contribution is 5.90. The molecule has 3 rings (SSSR count). The van der Waals surface area contributed by atoms with Gasteiger partial charge in [-0.05, 0) is 38.0 Å². The average molecular weight is 325 g/mol. The monoisotopic (exact) mass is 325 g/mol. The van der Waals surface area contributed by atoms with Crippen LogP contribution in [0.1, 0.15) is 37.1 Å². The number of aromatic nitrogens is 1. The van der Waals surface area contributed by atoms with Gasteiger partial charge < -0.3 is 15.0 Å². The lowest BCUT2D eigenvalue weighted by atomic mass is 10.1. The Morgan fingerprint density at radius 2 is 2.04 bits per heavy atom. The van der Waals surface area contributed by atoms with E-state index in [0.29, 0.717) is 6.61 Å². The predicted octanol–water partition coefficient (Wildman–Crippen LogP) is 3.99. The standard InChI is InChI=1S/C19H23N3O2/c1-14(17-8-5-6-12-20-17)22(16-10-11-16)19(23)21-18-9-4-3-7-15(18)13-24-2/h3-9,12,14,16H,10-11,13H2,1-2H3,(H,21,23). The highest BCUT2D eigenvalue weighted by Gasteiger charge is 2.36. The quantitative estimate of drug-likeness (QED) is 0.874. The van der Waals surface area contributed by atoms with Crippen molar-refractivity contribution >= 4 is 11.7 Å². The molecule has 0 bridgehead atoms. The summed E-state index contributed by atoms with van der Waals surface area (Å²) in [5.41, 5.74) is 2.67. The van der Waals surface area contributed by atoms with Crippen LogP contribution < -0.4 is 5.32 Å². The third-order valence-corrected chi connectivity index (χ3v) is 4.27. The number of carbonyl (C=O) groups excluding carboxylic acids is 1. The normalized spacial score (nSPS) is 14.9. The van der Waals surface area contributed by atoms with Gasteiger partial charge in [0.25, 0.3) is 0 Å². The first-order valence-corrected chi connectivity index (χ1v) is 8.27. The molecule has 0 spiro atoms. The minimum Gasteiger partial charge on any atom is -0.380 e. The van der Waals surface area contributed by atoms with Crippen LogP contribution in [0.4, 0.5) is 10.5 Å². The number of carbonyl (C=O) groups is 1. The zero-order valence-electron chi connectivity index (χ0n) is 14.1. The van der Waals surface area contributed by atoms with Crippen LogP contribution in [0.25, 0.3) is 0 Å². The second-order valence-electron chi connectivity index (χ2n) is 6.09. The van der Waals surface area contributed by atoms with Crippen LogP contribution in [0.5, 0.6) is 0 Å². The molecule has 5 nitrogen and oxygen atoms in total. The summed E-state index contributed by atoms with van der Waals surface area (Å²) in [5.74, 6) is 0. The molecular weight excluding hydrogens is 302 g/mol. The molecule has 5 heteroatoms. The maximum Gasteiger partial charge on any atom is 0.322 e. The van der Waals surface area contributed by atoms with Crippen molar-refractivity contribution in [3.8, 4) is 0 Å². The molecule has 0 radical (unpaired) electrons. The molecule has 1 saturated carbocycles. The number of methoxy groups -OCH3 is 1. The molecule has 1 unspecified atom stereocenters. The number of urea groups is 1. The van der Waals surface area contributed by atoms with Crippen LogP contribution in [0.3, 0.4) is 0 Å². The highest BCUT2D eigenvalue weighted by atomic mass is 16.5. The molecule has 1 heterocycles. The lowest BCUT2D eigenvalue weighted by Gasteiger charge is -2.29. The van der Waals surface area contributed by atoms with Gasteiger partial charge in [0.1, 0.15) is 0 Å². The molecule has 2 aromatic rings. The Morgan fingerprint density at radius 3 is 2.71 bits per heavy atom. The van der Waals surface area contributed by atoms with E-state index in [1.807, 2.05) is 54.3 Å². The van der Waals surface area contributed by atoms with Crippen molar-refractivity contribution in [2.45, 2.75) is 38.5 Å². The zero-order valence-corrected chi connectivity index (χ0v) is 14.1. The fourth-order valence-corrected chi connectivity index (χ4v) is 2.88. The Hall–Kier alpha value is -2.40. The number of hydrogen-bond acceptors (Lipinski definition) is 3. The minimum atomic E-state index is -0.0841. The Morgan fingerprint density at radius 1 is 1.29 bits per heavy atom. The van der Waals surface area contributed by atoms with Gasteiger partial charge in [0.15, 0.2) is 0 Å². The van der Waals surface area contributed by atoms with Crippen LogP contribution in [0.2, 0.25) is 0 Å². The maximum atomic E-state index is 12.9. The molecule has 1 aromatic carbocycles. The van der Waals surface area contributed by atoms with Crippen LogP contribution in [-0.2, 0) is 11.3 Å². The first-order chi connectivity index (χ1) is 11.7. The molecule has 1 aliphatic carbocycles. The lowest BCUT2D eigenvalue weighted by molar-refractivity contribution is 0.183. The molecule has 1 aromatic heterocycles. The molecule has 0 aliphatic heterocycles. The highest BCUT2D eigenvalue weighted by Crippen LogP contribution is 2.34. The molecule has 1 fully saturated rings. The predicted molar refractivity (Wildman–Crippen MR) is 93.7 cm³/mol. The number of nitrogens with one attached hydrogen (secondary N) is 1. The van der Waals surface area contributed by atoms with Crippen molar-refractivity contribution in [3.63, 3.8) is 0 Å². The summed E-state index contributed by atoms with van der Waals surface area (Å²) in [6.07, 6.45) is 3.86.